The molecule has 2 heterocycles. The number of nitrogens with one attached hydrogen (secondary N) is 1. The molecule has 2 aliphatic rings. The number of nitrogens with zero attached hydrogens (tertiary/aromatic N) is 3. The summed E-state index contributed by atoms with van der Waals surface area (Å²) in [5.41, 5.74) is 3.11. The van der Waals surface area contributed by atoms with E-state index in [1.54, 1.807) is 4.68 Å². The topological polar surface area (TPSA) is 50.2 Å². The Morgan fingerprint density at radius 3 is 2.96 bits per heavy atom. The third-order valence-corrected chi connectivity index (χ3v) is 5.23. The quantitative estimate of drug-likeness (QED) is 0.905. The molecule has 1 aromatic rings. The molecule has 0 bridgehead atoms. The van der Waals surface area contributed by atoms with Gasteiger partial charge in [-0.05, 0) is 64.0 Å². The number of amides is 1. The van der Waals surface area contributed by atoms with Crippen molar-refractivity contribution in [3.8, 4) is 0 Å². The van der Waals surface area contributed by atoms with Gasteiger partial charge in [-0.2, -0.15) is 5.10 Å². The average Bonchev–Trinajstić information content (AvgIpc) is 2.89. The van der Waals surface area contributed by atoms with Crippen LogP contribution in [0.5, 0.6) is 0 Å². The van der Waals surface area contributed by atoms with E-state index in [0.29, 0.717) is 5.92 Å². The Hall–Kier alpha value is -1.36. The van der Waals surface area contributed by atoms with Gasteiger partial charge in [0.1, 0.15) is 5.69 Å². The van der Waals surface area contributed by atoms with Gasteiger partial charge in [-0.25, -0.2) is 0 Å². The van der Waals surface area contributed by atoms with E-state index in [9.17, 15) is 4.79 Å². The van der Waals surface area contributed by atoms with Gasteiger partial charge in [-0.15, -0.1) is 0 Å². The second-order valence-electron chi connectivity index (χ2n) is 7.12. The summed E-state index contributed by atoms with van der Waals surface area (Å²) >= 11 is 0. The van der Waals surface area contributed by atoms with Gasteiger partial charge in [0.2, 0.25) is 0 Å². The Bertz CT molecular complexity index is 549. The maximum absolute atomic E-state index is 12.7. The number of carbonyl (C=O) groups excluding carboxylic acids is 1. The molecule has 128 valence electrons. The second-order valence-corrected chi connectivity index (χ2v) is 7.12. The number of likely N-dealkylation sites (tertiary alicyclic amines) is 1. The molecule has 5 heteroatoms. The third-order valence-electron chi connectivity index (χ3n) is 5.23. The van der Waals surface area contributed by atoms with Gasteiger partial charge in [0.25, 0.3) is 5.91 Å². The van der Waals surface area contributed by atoms with E-state index in [1.807, 2.05) is 7.05 Å². The molecule has 0 saturated carbocycles. The number of aromatic nitrogens is 2. The average molecular weight is 318 g/mol. The van der Waals surface area contributed by atoms with Crippen LogP contribution in [0, 0.1) is 5.92 Å². The van der Waals surface area contributed by atoms with Gasteiger partial charge in [-0.3, -0.25) is 9.48 Å². The first kappa shape index (κ1) is 16.5. The largest absolute Gasteiger partial charge is 0.350 e. The lowest BCUT2D eigenvalue weighted by atomic mass is 9.95. The first-order valence-electron chi connectivity index (χ1n) is 9.24. The van der Waals surface area contributed by atoms with Crippen LogP contribution in [0.4, 0.5) is 0 Å². The van der Waals surface area contributed by atoms with Gasteiger partial charge in [0, 0.05) is 25.7 Å². The van der Waals surface area contributed by atoms with Crippen LogP contribution >= 0.6 is 0 Å². The molecular formula is C18H30N4O. The second kappa shape index (κ2) is 7.47. The van der Waals surface area contributed by atoms with Crippen molar-refractivity contribution >= 4 is 5.91 Å². The maximum atomic E-state index is 12.7. The molecule has 3 rings (SSSR count). The molecule has 0 radical (unpaired) electrons. The summed E-state index contributed by atoms with van der Waals surface area (Å²) in [5.74, 6) is 0.652. The Morgan fingerprint density at radius 2 is 2.13 bits per heavy atom. The number of aryl methyl sites for hydroxylation is 2. The summed E-state index contributed by atoms with van der Waals surface area (Å²) in [6.07, 6.45) is 8.07. The summed E-state index contributed by atoms with van der Waals surface area (Å²) in [5, 5.41) is 7.73. The van der Waals surface area contributed by atoms with Crippen LogP contribution in [0.1, 0.15) is 60.8 Å². The van der Waals surface area contributed by atoms with Crippen LogP contribution in [0.15, 0.2) is 0 Å². The van der Waals surface area contributed by atoms with Crippen molar-refractivity contribution in [2.24, 2.45) is 13.0 Å². The summed E-state index contributed by atoms with van der Waals surface area (Å²) in [6.45, 7) is 6.54. The SMILES string of the molecule is CCCN1CCCC(CNC(=O)c2c3c(nn2C)CCCC3)C1. The van der Waals surface area contributed by atoms with Crippen molar-refractivity contribution < 1.29 is 4.79 Å². The lowest BCUT2D eigenvalue weighted by Gasteiger charge is -2.32. The van der Waals surface area contributed by atoms with Gasteiger partial charge in [-0.1, -0.05) is 6.92 Å². The molecule has 1 aromatic heterocycles. The van der Waals surface area contributed by atoms with E-state index in [2.05, 4.69) is 22.2 Å². The number of rotatable bonds is 5. The molecule has 1 fully saturated rings. The van der Waals surface area contributed by atoms with Crippen LogP contribution in [0.2, 0.25) is 0 Å². The van der Waals surface area contributed by atoms with Crippen molar-refractivity contribution in [2.45, 2.75) is 51.9 Å². The summed E-state index contributed by atoms with van der Waals surface area (Å²) in [4.78, 5) is 15.2. The predicted molar refractivity (Wildman–Crippen MR) is 91.6 cm³/mol. The summed E-state index contributed by atoms with van der Waals surface area (Å²) in [7, 11) is 1.90. The molecule has 1 amide bonds. The van der Waals surface area contributed by atoms with Gasteiger partial charge in [0.15, 0.2) is 0 Å². The highest BCUT2D eigenvalue weighted by molar-refractivity contribution is 5.94. The van der Waals surface area contributed by atoms with Gasteiger partial charge >= 0.3 is 0 Å². The smallest absolute Gasteiger partial charge is 0.269 e. The van der Waals surface area contributed by atoms with Crippen LogP contribution < -0.4 is 5.32 Å². The standard InChI is InChI=1S/C18H30N4O/c1-3-10-22-11-6-7-14(13-22)12-19-18(23)17-15-8-4-5-9-16(15)20-21(17)2/h14H,3-13H2,1-2H3,(H,19,23). The Balaban J connectivity index is 1.58. The highest BCUT2D eigenvalue weighted by atomic mass is 16.2. The number of hydrogen-bond donors (Lipinski definition) is 1. The van der Waals surface area contributed by atoms with Crippen molar-refractivity contribution in [1.82, 2.24) is 20.0 Å². The van der Waals surface area contributed by atoms with E-state index in [4.69, 9.17) is 0 Å². The van der Waals surface area contributed by atoms with E-state index < -0.39 is 0 Å². The summed E-state index contributed by atoms with van der Waals surface area (Å²) < 4.78 is 1.79. The zero-order valence-corrected chi connectivity index (χ0v) is 14.6. The predicted octanol–water partition coefficient (Wildman–Crippen LogP) is 2.15. The number of hydrogen-bond acceptors (Lipinski definition) is 3. The molecule has 0 spiro atoms. The Morgan fingerprint density at radius 1 is 1.30 bits per heavy atom. The van der Waals surface area contributed by atoms with Crippen molar-refractivity contribution in [1.29, 1.82) is 0 Å². The monoisotopic (exact) mass is 318 g/mol. The molecule has 1 atom stereocenters. The molecule has 1 aliphatic carbocycles. The maximum Gasteiger partial charge on any atom is 0.269 e. The van der Waals surface area contributed by atoms with Gasteiger partial charge < -0.3 is 10.2 Å². The minimum Gasteiger partial charge on any atom is -0.350 e. The van der Waals surface area contributed by atoms with Crippen LogP contribution in [0.3, 0.4) is 0 Å². The third kappa shape index (κ3) is 3.77. The van der Waals surface area contributed by atoms with Crippen molar-refractivity contribution in [2.75, 3.05) is 26.2 Å². The first-order chi connectivity index (χ1) is 11.2. The minimum absolute atomic E-state index is 0.0655. The van der Waals surface area contributed by atoms with E-state index in [-0.39, 0.29) is 5.91 Å². The molecule has 23 heavy (non-hydrogen) atoms. The molecular weight excluding hydrogens is 288 g/mol. The van der Waals surface area contributed by atoms with Crippen molar-refractivity contribution in [3.63, 3.8) is 0 Å². The molecule has 1 aliphatic heterocycles. The van der Waals surface area contributed by atoms with E-state index >= 15 is 0 Å². The molecule has 0 aromatic carbocycles. The zero-order valence-electron chi connectivity index (χ0n) is 14.6. The molecule has 1 unspecified atom stereocenters. The normalized spacial score (nSPS) is 21.9. The summed E-state index contributed by atoms with van der Waals surface area (Å²) in [6, 6.07) is 0. The fourth-order valence-electron chi connectivity index (χ4n) is 4.12. The lowest BCUT2D eigenvalue weighted by molar-refractivity contribution is 0.0922. The minimum atomic E-state index is 0.0655. The number of fused-ring (bicyclic) bond motifs is 1. The fourth-order valence-corrected chi connectivity index (χ4v) is 4.12. The van der Waals surface area contributed by atoms with Crippen LogP contribution in [0.25, 0.3) is 0 Å². The highest BCUT2D eigenvalue weighted by Gasteiger charge is 2.25. The molecule has 1 N–H and O–H groups in total. The number of carbonyl (C=O) groups is 1. The van der Waals surface area contributed by atoms with E-state index in [1.165, 1.54) is 50.8 Å². The lowest BCUT2D eigenvalue weighted by Crippen LogP contribution is -2.41. The Labute approximate surface area is 139 Å². The fraction of sp³-hybridized carbons (Fsp3) is 0.778. The zero-order chi connectivity index (χ0) is 16.2. The van der Waals surface area contributed by atoms with E-state index in [0.717, 1.165) is 37.3 Å². The first-order valence-corrected chi connectivity index (χ1v) is 9.24. The van der Waals surface area contributed by atoms with Crippen LogP contribution in [-0.2, 0) is 19.9 Å². The Kier molecular flexibility index (Phi) is 5.36. The molecule has 1 saturated heterocycles. The van der Waals surface area contributed by atoms with Crippen molar-refractivity contribution in [3.05, 3.63) is 17.0 Å². The molecule has 5 nitrogen and oxygen atoms in total. The highest BCUT2D eigenvalue weighted by Crippen LogP contribution is 2.23. The van der Waals surface area contributed by atoms with Crippen LogP contribution in [-0.4, -0.2) is 46.8 Å². The van der Waals surface area contributed by atoms with Gasteiger partial charge in [0.05, 0.1) is 5.69 Å². The number of piperidine rings is 1.